The number of aliphatic hydroxyl groups excluding tert-OH is 1. The van der Waals surface area contributed by atoms with Crippen molar-refractivity contribution in [3.8, 4) is 16.9 Å². The third-order valence-electron chi connectivity index (χ3n) is 12.3. The number of nitrogens with two attached hydrogens (primary N) is 1. The molecule has 2 bridgehead atoms. The smallest absolute Gasteiger partial charge is 0.240 e. The van der Waals surface area contributed by atoms with Crippen LogP contribution in [0.2, 0.25) is 0 Å². The molecule has 3 saturated carbocycles. The minimum absolute atomic E-state index is 0.103. The largest absolute Gasteiger partial charge is 0.496 e. The zero-order valence-electron chi connectivity index (χ0n) is 31.6. The zero-order valence-corrected chi connectivity index (χ0v) is 31.6. The highest BCUT2D eigenvalue weighted by Crippen LogP contribution is 2.61. The molecule has 1 amide bonds. The Bertz CT molecular complexity index is 1650. The second-order valence-electron chi connectivity index (χ2n) is 16.0. The lowest BCUT2D eigenvalue weighted by atomic mass is 9.45. The Morgan fingerprint density at radius 1 is 1.10 bits per heavy atom. The molecule has 0 radical (unpaired) electrons. The number of fused-ring (bicyclic) bond motifs is 2. The van der Waals surface area contributed by atoms with E-state index < -0.39 is 24.2 Å². The van der Waals surface area contributed by atoms with Crippen LogP contribution in [-0.2, 0) is 29.1 Å². The number of anilines is 1. The second kappa shape index (κ2) is 15.6. The van der Waals surface area contributed by atoms with Gasteiger partial charge in [0, 0.05) is 56.0 Å². The average Bonchev–Trinajstić information content (AvgIpc) is 3.49. The molecule has 1 heterocycles. The Hall–Kier alpha value is -3.47. The van der Waals surface area contributed by atoms with E-state index in [0.717, 1.165) is 54.1 Å². The first-order chi connectivity index (χ1) is 24.4. The summed E-state index contributed by atoms with van der Waals surface area (Å²) >= 11 is 0. The van der Waals surface area contributed by atoms with Gasteiger partial charge in [0.1, 0.15) is 11.8 Å². The van der Waals surface area contributed by atoms with Gasteiger partial charge in [0.05, 0.1) is 25.9 Å². The fourth-order valence-corrected chi connectivity index (χ4v) is 9.17. The number of para-hydroxylation sites is 1. The molecule has 1 aliphatic heterocycles. The first-order valence-corrected chi connectivity index (χ1v) is 18.8. The topological polar surface area (TPSA) is 112 Å². The second-order valence-corrected chi connectivity index (χ2v) is 16.0. The Morgan fingerprint density at radius 2 is 1.86 bits per heavy atom. The fraction of sp³-hybridized carbons (Fsp3) is 0.548. The number of aliphatic hydroxyl groups is 1. The van der Waals surface area contributed by atoms with E-state index in [-0.39, 0.29) is 18.5 Å². The molecule has 51 heavy (non-hydrogen) atoms. The summed E-state index contributed by atoms with van der Waals surface area (Å²) in [6.45, 7) is 10.9. The lowest BCUT2D eigenvalue weighted by molar-refractivity contribution is -0.175. The average molecular weight is 698 g/mol. The number of ether oxygens (including phenoxy) is 1. The van der Waals surface area contributed by atoms with Gasteiger partial charge >= 0.3 is 0 Å². The Balaban J connectivity index is 1.24. The van der Waals surface area contributed by atoms with E-state index in [1.807, 2.05) is 18.2 Å². The number of carbonyl (C=O) groups is 1. The summed E-state index contributed by atoms with van der Waals surface area (Å²) in [5.74, 6) is 1.76. The number of methoxy groups -OCH3 is 1. The van der Waals surface area contributed by atoms with E-state index >= 15 is 0 Å². The van der Waals surface area contributed by atoms with Crippen LogP contribution in [0.15, 0.2) is 66.7 Å². The van der Waals surface area contributed by atoms with Crippen molar-refractivity contribution in [3.05, 3.63) is 83.4 Å². The summed E-state index contributed by atoms with van der Waals surface area (Å²) in [4.78, 5) is 22.8. The normalized spacial score (nSPS) is 27.4. The zero-order chi connectivity index (χ0) is 36.4. The molecule has 0 spiro atoms. The Kier molecular flexibility index (Phi) is 11.4. The van der Waals surface area contributed by atoms with Crippen LogP contribution in [0.4, 0.5) is 5.69 Å². The summed E-state index contributed by atoms with van der Waals surface area (Å²) in [5, 5.41) is 19.8. The van der Waals surface area contributed by atoms with E-state index in [2.05, 4.69) is 98.9 Å². The summed E-state index contributed by atoms with van der Waals surface area (Å²) < 4.78 is 6.14. The van der Waals surface area contributed by atoms with Crippen molar-refractivity contribution in [2.75, 3.05) is 39.2 Å². The maximum atomic E-state index is 14.3. The lowest BCUT2D eigenvalue weighted by Gasteiger charge is -2.62. The number of rotatable bonds is 14. The molecule has 3 aromatic carbocycles. The molecule has 9 nitrogen and oxygen atoms in total. The standard InChI is InChI=1S/C42H59N5O4/c1-26-35-21-32(42(35,3)4)22-36(26)45-41(49)39-38(27(2)48)37(23-43)51-47(39)25-30-14-11-15-34(40(30)50-7)31-18-29(19-33(20-31)46(5)6)24-44-17-16-28-12-9-8-10-13-28/h8-15,18-20,26-27,32,35-39,44,48H,16-17,21-25,43H2,1-7H3,(H,45,49)/t26-,27-,32-,35+,36?,37-,38+,39-/m0/s1. The van der Waals surface area contributed by atoms with Crippen LogP contribution in [0.5, 0.6) is 5.75 Å². The third-order valence-corrected chi connectivity index (χ3v) is 12.3. The number of hydrogen-bond acceptors (Lipinski definition) is 8. The van der Waals surface area contributed by atoms with Gasteiger partial charge in [0.15, 0.2) is 0 Å². The molecule has 3 aromatic rings. The highest BCUT2D eigenvalue weighted by molar-refractivity contribution is 5.83. The number of nitrogens with zero attached hydrogens (tertiary/aromatic N) is 2. The number of nitrogens with one attached hydrogen (secondary N) is 2. The molecule has 4 fully saturated rings. The monoisotopic (exact) mass is 697 g/mol. The van der Waals surface area contributed by atoms with E-state index in [4.69, 9.17) is 15.3 Å². The molecular formula is C42H59N5O4. The van der Waals surface area contributed by atoms with Crippen molar-refractivity contribution in [3.63, 3.8) is 0 Å². The number of benzene rings is 3. The van der Waals surface area contributed by atoms with Crippen molar-refractivity contribution in [2.45, 2.75) is 84.3 Å². The number of hydroxylamine groups is 2. The molecule has 8 atom stereocenters. The van der Waals surface area contributed by atoms with E-state index in [1.165, 1.54) is 17.5 Å². The third kappa shape index (κ3) is 7.69. The minimum atomic E-state index is -0.780. The predicted molar refractivity (Wildman–Crippen MR) is 204 cm³/mol. The van der Waals surface area contributed by atoms with Gasteiger partial charge in [-0.25, -0.2) is 0 Å². The molecule has 1 saturated heterocycles. The lowest BCUT2D eigenvalue weighted by Crippen LogP contribution is -2.62. The molecule has 3 aliphatic carbocycles. The number of hydrogen-bond donors (Lipinski definition) is 4. The van der Waals surface area contributed by atoms with E-state index in [0.29, 0.717) is 29.7 Å². The number of amides is 1. The van der Waals surface area contributed by atoms with Crippen molar-refractivity contribution in [2.24, 2.45) is 34.8 Å². The van der Waals surface area contributed by atoms with E-state index in [1.54, 1.807) is 19.1 Å². The molecule has 5 N–H and O–H groups in total. The van der Waals surface area contributed by atoms with Gasteiger partial charge < -0.3 is 31.1 Å². The van der Waals surface area contributed by atoms with Crippen LogP contribution in [0.3, 0.4) is 0 Å². The van der Waals surface area contributed by atoms with Crippen LogP contribution >= 0.6 is 0 Å². The fourth-order valence-electron chi connectivity index (χ4n) is 9.17. The number of carbonyl (C=O) groups excluding carboxylic acids is 1. The van der Waals surface area contributed by atoms with Gasteiger partial charge in [-0.1, -0.05) is 69.3 Å². The van der Waals surface area contributed by atoms with Crippen molar-refractivity contribution in [1.82, 2.24) is 15.7 Å². The van der Waals surface area contributed by atoms with Gasteiger partial charge in [-0.2, -0.15) is 5.06 Å². The van der Waals surface area contributed by atoms with Crippen LogP contribution < -0.4 is 26.0 Å². The molecule has 1 unspecified atom stereocenters. The van der Waals surface area contributed by atoms with Gasteiger partial charge in [0.2, 0.25) is 5.91 Å². The molecule has 276 valence electrons. The summed E-state index contributed by atoms with van der Waals surface area (Å²) in [6, 6.07) is 22.7. The van der Waals surface area contributed by atoms with Crippen LogP contribution in [0, 0.1) is 29.1 Å². The first-order valence-electron chi connectivity index (χ1n) is 18.8. The van der Waals surface area contributed by atoms with Crippen LogP contribution in [-0.4, -0.2) is 74.7 Å². The SMILES string of the molecule is COc1c(CN2O[C@@H](CN)[C@@H]([C@H](C)O)[C@H]2C(=O)NC2C[C@@H]3C[C@H]([C@@H]2C)C3(C)C)cccc1-c1cc(CNCCc2ccccc2)cc(N(C)C)c1. The van der Waals surface area contributed by atoms with Crippen molar-refractivity contribution in [1.29, 1.82) is 0 Å². The highest BCUT2D eigenvalue weighted by atomic mass is 16.7. The first kappa shape index (κ1) is 37.3. The van der Waals surface area contributed by atoms with Crippen LogP contribution in [0.25, 0.3) is 11.1 Å². The molecule has 4 aliphatic rings. The van der Waals surface area contributed by atoms with Gasteiger partial charge in [-0.3, -0.25) is 9.63 Å². The Morgan fingerprint density at radius 3 is 2.51 bits per heavy atom. The molecular weight excluding hydrogens is 638 g/mol. The highest BCUT2D eigenvalue weighted by Gasteiger charge is 2.57. The van der Waals surface area contributed by atoms with E-state index in [9.17, 15) is 9.90 Å². The van der Waals surface area contributed by atoms with Gasteiger partial charge in [-0.15, -0.1) is 0 Å². The molecule has 9 heteroatoms. The predicted octanol–water partition coefficient (Wildman–Crippen LogP) is 5.39. The maximum Gasteiger partial charge on any atom is 0.240 e. The van der Waals surface area contributed by atoms with Crippen LogP contribution in [0.1, 0.15) is 57.2 Å². The van der Waals surface area contributed by atoms with Gasteiger partial charge in [-0.05, 0) is 90.8 Å². The summed E-state index contributed by atoms with van der Waals surface area (Å²) in [6.07, 6.45) is 1.92. The van der Waals surface area contributed by atoms with Gasteiger partial charge in [0.25, 0.3) is 0 Å². The maximum absolute atomic E-state index is 14.3. The molecule has 0 aromatic heterocycles. The van der Waals surface area contributed by atoms with Crippen molar-refractivity contribution >= 4 is 11.6 Å². The summed E-state index contributed by atoms with van der Waals surface area (Å²) in [5.41, 5.74) is 13.0. The minimum Gasteiger partial charge on any atom is -0.496 e. The summed E-state index contributed by atoms with van der Waals surface area (Å²) in [7, 11) is 5.80. The Labute approximate surface area is 304 Å². The quantitative estimate of drug-likeness (QED) is 0.166. The molecule has 7 rings (SSSR count). The van der Waals surface area contributed by atoms with Crippen molar-refractivity contribution < 1.29 is 19.5 Å².